The van der Waals surface area contributed by atoms with Gasteiger partial charge in [0.05, 0.1) is 11.6 Å². The van der Waals surface area contributed by atoms with Crippen LogP contribution >= 0.6 is 0 Å². The Labute approximate surface area is 163 Å². The molecule has 2 aromatic rings. The van der Waals surface area contributed by atoms with E-state index in [0.29, 0.717) is 16.8 Å². The van der Waals surface area contributed by atoms with Crippen LogP contribution in [0.4, 0.5) is 10.5 Å². The molecule has 1 atom stereocenters. The van der Waals surface area contributed by atoms with E-state index in [0.717, 1.165) is 16.0 Å². The minimum atomic E-state index is -1.29. The number of aryl methyl sites for hydroxylation is 1. The fourth-order valence-electron chi connectivity index (χ4n) is 3.13. The first-order chi connectivity index (χ1) is 13.3. The number of hydrogen-bond donors (Lipinski definition) is 2. The zero-order valence-electron chi connectivity index (χ0n) is 15.9. The molecule has 2 aromatic carbocycles. The second-order valence-electron chi connectivity index (χ2n) is 6.93. The lowest BCUT2D eigenvalue weighted by Crippen LogP contribution is -2.42. The number of amides is 4. The summed E-state index contributed by atoms with van der Waals surface area (Å²) in [5, 5.41) is 14.3. The highest BCUT2D eigenvalue weighted by molar-refractivity contribution is 6.10. The highest BCUT2D eigenvalue weighted by atomic mass is 16.2. The van der Waals surface area contributed by atoms with Crippen LogP contribution in [-0.2, 0) is 15.1 Å². The minimum Gasteiger partial charge on any atom is -0.324 e. The van der Waals surface area contributed by atoms with Crippen molar-refractivity contribution >= 4 is 23.5 Å². The minimum absolute atomic E-state index is 0.385. The summed E-state index contributed by atoms with van der Waals surface area (Å²) in [4.78, 5) is 38.6. The number of carbonyl (C=O) groups is 3. The largest absolute Gasteiger partial charge is 0.325 e. The van der Waals surface area contributed by atoms with Gasteiger partial charge in [0, 0.05) is 5.69 Å². The summed E-state index contributed by atoms with van der Waals surface area (Å²) >= 11 is 0. The van der Waals surface area contributed by atoms with Gasteiger partial charge in [0.1, 0.15) is 12.1 Å². The summed E-state index contributed by atoms with van der Waals surface area (Å²) in [6.07, 6.45) is 0. The maximum absolute atomic E-state index is 12.9. The van der Waals surface area contributed by atoms with Crippen LogP contribution < -0.4 is 10.6 Å². The van der Waals surface area contributed by atoms with E-state index in [1.165, 1.54) is 0 Å². The number of nitrogens with zero attached hydrogens (tertiary/aromatic N) is 2. The SMILES string of the molecule is Cc1cccc(NC(=O)CN2C(=O)NC(C)(c3ccc(C#N)cc3)C2=O)c1C. The standard InChI is InChI=1S/C21H20N4O3/c1-13-5-4-6-17(14(13)2)23-18(26)12-25-19(27)21(3,24-20(25)28)16-9-7-15(11-22)8-10-16/h4-10H,12H2,1-3H3,(H,23,26)(H,24,28). The Morgan fingerprint density at radius 1 is 1.18 bits per heavy atom. The van der Waals surface area contributed by atoms with Gasteiger partial charge in [0.15, 0.2) is 0 Å². The highest BCUT2D eigenvalue weighted by Gasteiger charge is 2.49. The molecule has 1 aliphatic heterocycles. The number of nitrogens with one attached hydrogen (secondary N) is 2. The highest BCUT2D eigenvalue weighted by Crippen LogP contribution is 2.29. The molecule has 7 nitrogen and oxygen atoms in total. The molecule has 0 aromatic heterocycles. The van der Waals surface area contributed by atoms with Crippen molar-refractivity contribution in [3.05, 3.63) is 64.7 Å². The summed E-state index contributed by atoms with van der Waals surface area (Å²) in [6, 6.07) is 13.3. The quantitative estimate of drug-likeness (QED) is 0.801. The van der Waals surface area contributed by atoms with Crippen molar-refractivity contribution in [1.82, 2.24) is 10.2 Å². The lowest BCUT2D eigenvalue weighted by Gasteiger charge is -2.22. The molecule has 0 saturated carbocycles. The molecular weight excluding hydrogens is 356 g/mol. The predicted molar refractivity (Wildman–Crippen MR) is 103 cm³/mol. The Bertz CT molecular complexity index is 1010. The van der Waals surface area contributed by atoms with Crippen molar-refractivity contribution in [2.45, 2.75) is 26.3 Å². The third kappa shape index (κ3) is 3.32. The van der Waals surface area contributed by atoms with Gasteiger partial charge in [-0.15, -0.1) is 0 Å². The second kappa shape index (κ2) is 7.16. The Morgan fingerprint density at radius 2 is 1.86 bits per heavy atom. The normalized spacial score (nSPS) is 18.6. The van der Waals surface area contributed by atoms with Gasteiger partial charge in [-0.3, -0.25) is 14.5 Å². The predicted octanol–water partition coefficient (Wildman–Crippen LogP) is 2.58. The number of nitriles is 1. The van der Waals surface area contributed by atoms with Gasteiger partial charge in [-0.2, -0.15) is 5.26 Å². The molecule has 0 aliphatic carbocycles. The molecule has 0 bridgehead atoms. The van der Waals surface area contributed by atoms with Crippen molar-refractivity contribution in [1.29, 1.82) is 5.26 Å². The van der Waals surface area contributed by atoms with E-state index in [2.05, 4.69) is 10.6 Å². The number of rotatable bonds is 4. The van der Waals surface area contributed by atoms with Gasteiger partial charge >= 0.3 is 6.03 Å². The summed E-state index contributed by atoms with van der Waals surface area (Å²) in [7, 11) is 0. The molecule has 1 fully saturated rings. The maximum atomic E-state index is 12.9. The van der Waals surface area contributed by atoms with Crippen LogP contribution in [0.15, 0.2) is 42.5 Å². The van der Waals surface area contributed by atoms with E-state index < -0.39 is 23.4 Å². The van der Waals surface area contributed by atoms with E-state index in [4.69, 9.17) is 5.26 Å². The van der Waals surface area contributed by atoms with Gasteiger partial charge in [-0.1, -0.05) is 24.3 Å². The third-order valence-corrected chi connectivity index (χ3v) is 5.05. The van der Waals surface area contributed by atoms with E-state index in [1.54, 1.807) is 37.3 Å². The summed E-state index contributed by atoms with van der Waals surface area (Å²) < 4.78 is 0. The topological polar surface area (TPSA) is 102 Å². The number of carbonyl (C=O) groups excluding carboxylic acids is 3. The Hall–Kier alpha value is -3.66. The molecule has 0 spiro atoms. The Morgan fingerprint density at radius 3 is 2.50 bits per heavy atom. The molecule has 28 heavy (non-hydrogen) atoms. The summed E-state index contributed by atoms with van der Waals surface area (Å²) in [5.74, 6) is -0.973. The molecule has 7 heteroatoms. The average molecular weight is 376 g/mol. The number of imide groups is 1. The monoisotopic (exact) mass is 376 g/mol. The van der Waals surface area contributed by atoms with Crippen LogP contribution in [0.2, 0.25) is 0 Å². The van der Waals surface area contributed by atoms with Crippen LogP contribution in [0.3, 0.4) is 0 Å². The van der Waals surface area contributed by atoms with E-state index in [9.17, 15) is 14.4 Å². The van der Waals surface area contributed by atoms with Crippen LogP contribution in [0, 0.1) is 25.2 Å². The second-order valence-corrected chi connectivity index (χ2v) is 6.93. The molecule has 0 radical (unpaired) electrons. The van der Waals surface area contributed by atoms with Crippen molar-refractivity contribution in [2.75, 3.05) is 11.9 Å². The number of urea groups is 1. The van der Waals surface area contributed by atoms with Crippen LogP contribution in [-0.4, -0.2) is 29.3 Å². The maximum Gasteiger partial charge on any atom is 0.325 e. The van der Waals surface area contributed by atoms with Crippen molar-refractivity contribution in [2.24, 2.45) is 0 Å². The van der Waals surface area contributed by atoms with Gasteiger partial charge in [-0.25, -0.2) is 4.79 Å². The first kappa shape index (κ1) is 19.1. The van der Waals surface area contributed by atoms with Gasteiger partial charge in [0.2, 0.25) is 5.91 Å². The summed E-state index contributed by atoms with van der Waals surface area (Å²) in [6.45, 7) is 5.02. The number of benzene rings is 2. The first-order valence-electron chi connectivity index (χ1n) is 8.77. The van der Waals surface area contributed by atoms with Crippen LogP contribution in [0.1, 0.15) is 29.2 Å². The smallest absolute Gasteiger partial charge is 0.324 e. The zero-order valence-corrected chi connectivity index (χ0v) is 15.9. The number of anilines is 1. The molecule has 3 rings (SSSR count). The van der Waals surface area contributed by atoms with Crippen molar-refractivity contribution in [3.63, 3.8) is 0 Å². The fraction of sp³-hybridized carbons (Fsp3) is 0.238. The zero-order chi connectivity index (χ0) is 20.5. The molecule has 1 saturated heterocycles. The van der Waals surface area contributed by atoms with Gasteiger partial charge < -0.3 is 10.6 Å². The van der Waals surface area contributed by atoms with E-state index in [1.807, 2.05) is 32.0 Å². The van der Waals surface area contributed by atoms with E-state index >= 15 is 0 Å². The third-order valence-electron chi connectivity index (χ3n) is 5.05. The lowest BCUT2D eigenvalue weighted by molar-refractivity contribution is -0.133. The molecular formula is C21H20N4O3. The Kier molecular flexibility index (Phi) is 4.89. The fourth-order valence-corrected chi connectivity index (χ4v) is 3.13. The van der Waals surface area contributed by atoms with Crippen LogP contribution in [0.25, 0.3) is 0 Å². The lowest BCUT2D eigenvalue weighted by atomic mass is 9.91. The Balaban J connectivity index is 1.77. The molecule has 1 unspecified atom stereocenters. The van der Waals surface area contributed by atoms with Gasteiger partial charge in [0.25, 0.3) is 5.91 Å². The summed E-state index contributed by atoms with van der Waals surface area (Å²) in [5.41, 5.74) is 2.31. The first-order valence-corrected chi connectivity index (χ1v) is 8.77. The molecule has 142 valence electrons. The molecule has 1 heterocycles. The molecule has 4 amide bonds. The van der Waals surface area contributed by atoms with E-state index in [-0.39, 0.29) is 6.54 Å². The van der Waals surface area contributed by atoms with Crippen molar-refractivity contribution < 1.29 is 14.4 Å². The molecule has 2 N–H and O–H groups in total. The molecule has 1 aliphatic rings. The van der Waals surface area contributed by atoms with Gasteiger partial charge in [-0.05, 0) is 55.7 Å². The number of hydrogen-bond acceptors (Lipinski definition) is 4. The van der Waals surface area contributed by atoms with Crippen LogP contribution in [0.5, 0.6) is 0 Å². The average Bonchev–Trinajstić information content (AvgIpc) is 2.89. The van der Waals surface area contributed by atoms with Crippen molar-refractivity contribution in [3.8, 4) is 6.07 Å².